The van der Waals surface area contributed by atoms with Gasteiger partial charge in [0.2, 0.25) is 0 Å². The third-order valence-corrected chi connectivity index (χ3v) is 3.98. The van der Waals surface area contributed by atoms with E-state index in [2.05, 4.69) is 25.5 Å². The number of aromatic nitrogens is 2. The number of carbonyl (C=O) groups excluding carboxylic acids is 1. The topological polar surface area (TPSA) is 79.4 Å². The number of hydrogen-bond donors (Lipinski definition) is 2. The molecule has 7 nitrogen and oxygen atoms in total. The number of amides is 2. The predicted octanol–water partition coefficient (Wildman–Crippen LogP) is 2.60. The highest BCUT2D eigenvalue weighted by atomic mass is 35.5. The molecule has 1 fully saturated rings. The Bertz CT molecular complexity index is 732. The third-order valence-electron chi connectivity index (χ3n) is 3.73. The number of rotatable bonds is 4. The quantitative estimate of drug-likeness (QED) is 0.875. The lowest BCUT2D eigenvalue weighted by Gasteiger charge is -2.28. The standard InChI is InChI=1S/C17H20ClN5O2/c1-12-10-16(23-6-8-25-9-7-23)22-15(20-12)11-19-17(24)21-14-4-2-13(18)3-5-14/h2-5,10H,6-9,11H2,1H3,(H2,19,21,24). The Morgan fingerprint density at radius 1 is 1.24 bits per heavy atom. The third kappa shape index (κ3) is 5.04. The summed E-state index contributed by atoms with van der Waals surface area (Å²) < 4.78 is 5.37. The molecule has 2 N–H and O–H groups in total. The van der Waals surface area contributed by atoms with Crippen LogP contribution < -0.4 is 15.5 Å². The van der Waals surface area contributed by atoms with Gasteiger partial charge in [-0.05, 0) is 31.2 Å². The first-order chi connectivity index (χ1) is 12.1. The summed E-state index contributed by atoms with van der Waals surface area (Å²) in [4.78, 5) is 23.1. The minimum Gasteiger partial charge on any atom is -0.378 e. The molecule has 0 unspecified atom stereocenters. The minimum atomic E-state index is -0.319. The molecule has 1 aliphatic rings. The van der Waals surface area contributed by atoms with Crippen molar-refractivity contribution < 1.29 is 9.53 Å². The number of carbonyl (C=O) groups is 1. The minimum absolute atomic E-state index is 0.248. The van der Waals surface area contributed by atoms with E-state index in [9.17, 15) is 4.79 Å². The molecule has 1 aliphatic heterocycles. The Morgan fingerprint density at radius 2 is 1.96 bits per heavy atom. The number of morpholine rings is 1. The highest BCUT2D eigenvalue weighted by molar-refractivity contribution is 6.30. The molecule has 0 spiro atoms. The zero-order chi connectivity index (χ0) is 17.6. The van der Waals surface area contributed by atoms with E-state index >= 15 is 0 Å². The van der Waals surface area contributed by atoms with Crippen LogP contribution in [0.1, 0.15) is 11.5 Å². The van der Waals surface area contributed by atoms with Crippen LogP contribution >= 0.6 is 11.6 Å². The smallest absolute Gasteiger partial charge is 0.319 e. The number of nitrogens with zero attached hydrogens (tertiary/aromatic N) is 3. The molecule has 2 heterocycles. The van der Waals surface area contributed by atoms with Gasteiger partial charge in [0, 0.05) is 35.6 Å². The van der Waals surface area contributed by atoms with E-state index in [1.165, 1.54) is 0 Å². The van der Waals surface area contributed by atoms with Gasteiger partial charge in [-0.3, -0.25) is 0 Å². The highest BCUT2D eigenvalue weighted by Crippen LogP contribution is 2.15. The van der Waals surface area contributed by atoms with Crippen molar-refractivity contribution >= 4 is 29.1 Å². The van der Waals surface area contributed by atoms with Gasteiger partial charge in [-0.1, -0.05) is 11.6 Å². The molecule has 3 rings (SSSR count). The van der Waals surface area contributed by atoms with Crippen molar-refractivity contribution in [3.63, 3.8) is 0 Å². The zero-order valence-corrected chi connectivity index (χ0v) is 14.7. The van der Waals surface area contributed by atoms with Gasteiger partial charge in [-0.2, -0.15) is 0 Å². The fraction of sp³-hybridized carbons (Fsp3) is 0.353. The van der Waals surface area contributed by atoms with E-state index < -0.39 is 0 Å². The molecule has 1 aromatic heterocycles. The summed E-state index contributed by atoms with van der Waals surface area (Å²) in [6, 6.07) is 8.54. The maximum Gasteiger partial charge on any atom is 0.319 e. The van der Waals surface area contributed by atoms with Crippen molar-refractivity contribution in [3.8, 4) is 0 Å². The first kappa shape index (κ1) is 17.4. The molecule has 0 bridgehead atoms. The highest BCUT2D eigenvalue weighted by Gasteiger charge is 2.14. The molecule has 8 heteroatoms. The van der Waals surface area contributed by atoms with Gasteiger partial charge in [0.05, 0.1) is 19.8 Å². The lowest BCUT2D eigenvalue weighted by molar-refractivity contribution is 0.122. The molecule has 0 aliphatic carbocycles. The maximum atomic E-state index is 12.0. The SMILES string of the molecule is Cc1cc(N2CCOCC2)nc(CNC(=O)Nc2ccc(Cl)cc2)n1. The van der Waals surface area contributed by atoms with Crippen molar-refractivity contribution in [1.29, 1.82) is 0 Å². The van der Waals surface area contributed by atoms with Crippen LogP contribution in [0.25, 0.3) is 0 Å². The number of ether oxygens (including phenoxy) is 1. The number of halogens is 1. The van der Waals surface area contributed by atoms with Crippen molar-refractivity contribution in [2.45, 2.75) is 13.5 Å². The Balaban J connectivity index is 1.59. The van der Waals surface area contributed by atoms with E-state index in [1.807, 2.05) is 13.0 Å². The second kappa shape index (κ2) is 8.13. The normalized spacial score (nSPS) is 14.2. The molecular formula is C17H20ClN5O2. The van der Waals surface area contributed by atoms with Crippen LogP contribution in [0.2, 0.25) is 5.02 Å². The van der Waals surface area contributed by atoms with Gasteiger partial charge in [-0.15, -0.1) is 0 Å². The summed E-state index contributed by atoms with van der Waals surface area (Å²) in [6.07, 6.45) is 0. The van der Waals surface area contributed by atoms with E-state index in [4.69, 9.17) is 16.3 Å². The first-order valence-electron chi connectivity index (χ1n) is 8.08. The zero-order valence-electron chi connectivity index (χ0n) is 14.0. The Morgan fingerprint density at radius 3 is 2.68 bits per heavy atom. The maximum absolute atomic E-state index is 12.0. The van der Waals surface area contributed by atoms with Gasteiger partial charge >= 0.3 is 6.03 Å². The van der Waals surface area contributed by atoms with Crippen molar-refractivity contribution in [3.05, 3.63) is 46.9 Å². The van der Waals surface area contributed by atoms with Crippen LogP contribution in [0.3, 0.4) is 0 Å². The van der Waals surface area contributed by atoms with Gasteiger partial charge < -0.3 is 20.3 Å². The summed E-state index contributed by atoms with van der Waals surface area (Å²) in [5.41, 5.74) is 1.53. The van der Waals surface area contributed by atoms with E-state index in [-0.39, 0.29) is 12.6 Å². The first-order valence-corrected chi connectivity index (χ1v) is 8.45. The predicted molar refractivity (Wildman–Crippen MR) is 97.1 cm³/mol. The Kier molecular flexibility index (Phi) is 5.67. The van der Waals surface area contributed by atoms with E-state index in [0.29, 0.717) is 29.7 Å². The summed E-state index contributed by atoms with van der Waals surface area (Å²) in [7, 11) is 0. The summed E-state index contributed by atoms with van der Waals surface area (Å²) in [5.74, 6) is 1.44. The molecule has 0 saturated carbocycles. The van der Waals surface area contributed by atoms with E-state index in [1.54, 1.807) is 24.3 Å². The van der Waals surface area contributed by atoms with Crippen LogP contribution in [-0.2, 0) is 11.3 Å². The largest absolute Gasteiger partial charge is 0.378 e. The lowest BCUT2D eigenvalue weighted by Crippen LogP contribution is -2.37. The van der Waals surface area contributed by atoms with Gasteiger partial charge in [0.15, 0.2) is 0 Å². The number of hydrogen-bond acceptors (Lipinski definition) is 5. The number of urea groups is 1. The van der Waals surface area contributed by atoms with Crippen molar-refractivity contribution in [1.82, 2.24) is 15.3 Å². The van der Waals surface area contributed by atoms with Crippen molar-refractivity contribution in [2.24, 2.45) is 0 Å². The molecule has 132 valence electrons. The van der Waals surface area contributed by atoms with Crippen LogP contribution in [0, 0.1) is 6.92 Å². The molecule has 2 amide bonds. The number of nitrogens with one attached hydrogen (secondary N) is 2. The van der Waals surface area contributed by atoms with Gasteiger partial charge in [0.1, 0.15) is 11.6 Å². The Labute approximate surface area is 151 Å². The fourth-order valence-electron chi connectivity index (χ4n) is 2.51. The summed E-state index contributed by atoms with van der Waals surface area (Å²) >= 11 is 5.83. The molecule has 2 aromatic rings. The molecule has 1 saturated heterocycles. The number of anilines is 2. The van der Waals surface area contributed by atoms with Crippen molar-refractivity contribution in [2.75, 3.05) is 36.5 Å². The lowest BCUT2D eigenvalue weighted by atomic mass is 10.3. The second-order valence-electron chi connectivity index (χ2n) is 5.70. The molecular weight excluding hydrogens is 342 g/mol. The monoisotopic (exact) mass is 361 g/mol. The fourth-order valence-corrected chi connectivity index (χ4v) is 2.64. The Hall–Kier alpha value is -2.38. The summed E-state index contributed by atoms with van der Waals surface area (Å²) in [5, 5.41) is 6.13. The molecule has 25 heavy (non-hydrogen) atoms. The van der Waals surface area contributed by atoms with Gasteiger partial charge in [-0.25, -0.2) is 14.8 Å². The molecule has 0 radical (unpaired) electrons. The average molecular weight is 362 g/mol. The van der Waals surface area contributed by atoms with Crippen LogP contribution in [0.4, 0.5) is 16.3 Å². The second-order valence-corrected chi connectivity index (χ2v) is 6.13. The summed E-state index contributed by atoms with van der Waals surface area (Å²) in [6.45, 7) is 5.17. The van der Waals surface area contributed by atoms with Gasteiger partial charge in [0.25, 0.3) is 0 Å². The number of aryl methyl sites for hydroxylation is 1. The molecule has 0 atom stereocenters. The van der Waals surface area contributed by atoms with E-state index in [0.717, 1.165) is 24.6 Å². The molecule has 1 aromatic carbocycles. The average Bonchev–Trinajstić information content (AvgIpc) is 2.62. The van der Waals surface area contributed by atoms with Crippen LogP contribution in [0.15, 0.2) is 30.3 Å². The van der Waals surface area contributed by atoms with Crippen LogP contribution in [-0.4, -0.2) is 42.3 Å². The van der Waals surface area contributed by atoms with Crippen LogP contribution in [0.5, 0.6) is 0 Å². The number of benzene rings is 1.